The molecule has 0 aromatic heterocycles. The minimum Gasteiger partial charge on any atom is -0.493 e. The maximum Gasteiger partial charge on any atom is 0.161 e. The number of rotatable bonds is 7. The minimum atomic E-state index is -0.277. The summed E-state index contributed by atoms with van der Waals surface area (Å²) in [7, 11) is 3.32. The SMILES string of the molecule is CCCC[C@]1(CC)CSc2cc(OC)c(OC)cc2[C@H](c2ccccc2)N1O. The zero-order chi connectivity index (χ0) is 20.1. The Morgan fingerprint density at radius 2 is 1.79 bits per heavy atom. The van der Waals surface area contributed by atoms with E-state index >= 15 is 0 Å². The normalized spacial score (nSPS) is 22.4. The molecule has 4 nitrogen and oxygen atoms in total. The summed E-state index contributed by atoms with van der Waals surface area (Å²) in [6.45, 7) is 4.38. The van der Waals surface area contributed by atoms with E-state index in [1.54, 1.807) is 31.0 Å². The van der Waals surface area contributed by atoms with Gasteiger partial charge in [-0.3, -0.25) is 0 Å². The molecule has 0 amide bonds. The van der Waals surface area contributed by atoms with E-state index in [2.05, 4.69) is 26.0 Å². The van der Waals surface area contributed by atoms with E-state index in [-0.39, 0.29) is 11.6 Å². The number of thioether (sulfide) groups is 1. The highest BCUT2D eigenvalue weighted by atomic mass is 32.2. The number of hydroxylamine groups is 2. The average molecular weight is 402 g/mol. The quantitative estimate of drug-likeness (QED) is 0.623. The Hall–Kier alpha value is -1.69. The zero-order valence-corrected chi connectivity index (χ0v) is 18.1. The molecule has 2 atom stereocenters. The number of nitrogens with zero attached hydrogens (tertiary/aromatic N) is 1. The van der Waals surface area contributed by atoms with Crippen LogP contribution in [0, 0.1) is 0 Å². The van der Waals surface area contributed by atoms with Crippen LogP contribution >= 0.6 is 11.8 Å². The van der Waals surface area contributed by atoms with Crippen molar-refractivity contribution >= 4 is 11.8 Å². The lowest BCUT2D eigenvalue weighted by Gasteiger charge is -2.42. The molecular formula is C23H31NO3S. The molecule has 0 bridgehead atoms. The predicted molar refractivity (Wildman–Crippen MR) is 115 cm³/mol. The second-order valence-corrected chi connectivity index (χ2v) is 8.39. The molecule has 3 rings (SSSR count). The van der Waals surface area contributed by atoms with Gasteiger partial charge in [0.2, 0.25) is 0 Å². The van der Waals surface area contributed by atoms with Crippen LogP contribution in [-0.4, -0.2) is 35.8 Å². The molecule has 1 aliphatic rings. The summed E-state index contributed by atoms with van der Waals surface area (Å²) < 4.78 is 11.1. The monoisotopic (exact) mass is 401 g/mol. The Bertz CT molecular complexity index is 783. The standard InChI is InChI=1S/C23H31NO3S/c1-5-7-13-23(6-2)16-28-21-15-20(27-4)19(26-3)14-18(21)22(24(23)25)17-11-9-8-10-12-17/h8-12,14-15,22,25H,5-7,13,16H2,1-4H3/t22-,23+/m0/s1. The van der Waals surface area contributed by atoms with E-state index in [9.17, 15) is 5.21 Å². The smallest absolute Gasteiger partial charge is 0.161 e. The Labute approximate surface area is 172 Å². The number of methoxy groups -OCH3 is 2. The average Bonchev–Trinajstić information content (AvgIpc) is 2.86. The van der Waals surface area contributed by atoms with Crippen molar-refractivity contribution in [2.24, 2.45) is 0 Å². The molecule has 1 N–H and O–H groups in total. The summed E-state index contributed by atoms with van der Waals surface area (Å²) in [5.74, 6) is 2.25. The summed E-state index contributed by atoms with van der Waals surface area (Å²) in [4.78, 5) is 1.14. The largest absolute Gasteiger partial charge is 0.493 e. The number of unbranched alkanes of at least 4 members (excludes halogenated alkanes) is 1. The molecule has 28 heavy (non-hydrogen) atoms. The first-order valence-electron chi connectivity index (χ1n) is 10.0. The molecule has 0 aliphatic carbocycles. The zero-order valence-electron chi connectivity index (χ0n) is 17.3. The van der Waals surface area contributed by atoms with E-state index in [0.29, 0.717) is 5.75 Å². The van der Waals surface area contributed by atoms with Gasteiger partial charge in [-0.25, -0.2) is 0 Å². The van der Waals surface area contributed by atoms with Gasteiger partial charge in [-0.2, -0.15) is 5.06 Å². The molecule has 2 aromatic carbocycles. The van der Waals surface area contributed by atoms with Gasteiger partial charge in [0, 0.05) is 10.6 Å². The van der Waals surface area contributed by atoms with Gasteiger partial charge < -0.3 is 14.7 Å². The van der Waals surface area contributed by atoms with Gasteiger partial charge in [-0.05, 0) is 36.1 Å². The van der Waals surface area contributed by atoms with Crippen molar-refractivity contribution in [3.05, 3.63) is 53.6 Å². The number of hydrogen-bond donors (Lipinski definition) is 1. The third-order valence-electron chi connectivity index (χ3n) is 5.81. The Balaban J connectivity index is 2.18. The molecule has 0 radical (unpaired) electrons. The summed E-state index contributed by atoms with van der Waals surface area (Å²) in [6, 6.07) is 14.1. The molecule has 1 aliphatic heterocycles. The first-order valence-corrected chi connectivity index (χ1v) is 11.0. The maximum absolute atomic E-state index is 11.6. The fourth-order valence-electron chi connectivity index (χ4n) is 3.99. The highest BCUT2D eigenvalue weighted by Crippen LogP contribution is 2.49. The van der Waals surface area contributed by atoms with Crippen molar-refractivity contribution in [1.82, 2.24) is 5.06 Å². The van der Waals surface area contributed by atoms with Crippen LogP contribution in [0.4, 0.5) is 0 Å². The van der Waals surface area contributed by atoms with Gasteiger partial charge in [0.15, 0.2) is 11.5 Å². The molecule has 2 aromatic rings. The summed E-state index contributed by atoms with van der Waals surface area (Å²) in [5.41, 5.74) is 1.86. The molecule has 152 valence electrons. The van der Waals surface area contributed by atoms with Gasteiger partial charge in [0.05, 0.1) is 25.8 Å². The molecule has 1 heterocycles. The third kappa shape index (κ3) is 3.88. The Morgan fingerprint density at radius 3 is 2.39 bits per heavy atom. The topological polar surface area (TPSA) is 41.9 Å². The van der Waals surface area contributed by atoms with Crippen LogP contribution in [0.3, 0.4) is 0 Å². The second-order valence-electron chi connectivity index (χ2n) is 7.37. The van der Waals surface area contributed by atoms with E-state index in [1.807, 2.05) is 30.3 Å². The summed E-state index contributed by atoms with van der Waals surface area (Å²) >= 11 is 1.81. The molecule has 0 fully saturated rings. The second kappa shape index (κ2) is 9.21. The highest BCUT2D eigenvalue weighted by molar-refractivity contribution is 7.99. The fourth-order valence-corrected chi connectivity index (χ4v) is 5.42. The van der Waals surface area contributed by atoms with Crippen molar-refractivity contribution in [3.8, 4) is 11.5 Å². The van der Waals surface area contributed by atoms with Gasteiger partial charge in [-0.15, -0.1) is 11.8 Å². The van der Waals surface area contributed by atoms with E-state index < -0.39 is 0 Å². The Kier molecular flexibility index (Phi) is 6.91. The molecule has 0 saturated carbocycles. The molecule has 0 spiro atoms. The lowest BCUT2D eigenvalue weighted by atomic mass is 9.87. The van der Waals surface area contributed by atoms with Gasteiger partial charge in [0.25, 0.3) is 0 Å². The molecule has 5 heteroatoms. The first-order chi connectivity index (χ1) is 13.6. The van der Waals surface area contributed by atoms with E-state index in [4.69, 9.17) is 9.47 Å². The number of fused-ring (bicyclic) bond motifs is 1. The predicted octanol–water partition coefficient (Wildman–Crippen LogP) is 5.93. The summed E-state index contributed by atoms with van der Waals surface area (Å²) in [6.07, 6.45) is 4.07. The number of benzene rings is 2. The van der Waals surface area contributed by atoms with Crippen molar-refractivity contribution < 1.29 is 14.7 Å². The lowest BCUT2D eigenvalue weighted by Crippen LogP contribution is -2.49. The van der Waals surface area contributed by atoms with Crippen molar-refractivity contribution in [3.63, 3.8) is 0 Å². The van der Waals surface area contributed by atoms with Crippen LogP contribution < -0.4 is 9.47 Å². The van der Waals surface area contributed by atoms with E-state index in [1.165, 1.54) is 0 Å². The fraction of sp³-hybridized carbons (Fsp3) is 0.478. The number of ether oxygens (including phenoxy) is 2. The van der Waals surface area contributed by atoms with Crippen LogP contribution in [0.1, 0.15) is 56.7 Å². The van der Waals surface area contributed by atoms with Gasteiger partial charge >= 0.3 is 0 Å². The first kappa shape index (κ1) is 21.0. The van der Waals surface area contributed by atoms with Crippen molar-refractivity contribution in [1.29, 1.82) is 0 Å². The molecule has 0 unspecified atom stereocenters. The lowest BCUT2D eigenvalue weighted by molar-refractivity contribution is -0.193. The van der Waals surface area contributed by atoms with Crippen LogP contribution in [0.25, 0.3) is 0 Å². The minimum absolute atomic E-state index is 0.247. The van der Waals surface area contributed by atoms with Crippen LogP contribution in [0.15, 0.2) is 47.4 Å². The molecular weight excluding hydrogens is 370 g/mol. The van der Waals surface area contributed by atoms with Crippen molar-refractivity contribution in [2.75, 3.05) is 20.0 Å². The van der Waals surface area contributed by atoms with Crippen LogP contribution in [0.5, 0.6) is 11.5 Å². The maximum atomic E-state index is 11.6. The van der Waals surface area contributed by atoms with Crippen LogP contribution in [-0.2, 0) is 0 Å². The van der Waals surface area contributed by atoms with Crippen molar-refractivity contribution in [2.45, 2.75) is 56.0 Å². The highest BCUT2D eigenvalue weighted by Gasteiger charge is 2.43. The van der Waals surface area contributed by atoms with Gasteiger partial charge in [0.1, 0.15) is 0 Å². The van der Waals surface area contributed by atoms with Gasteiger partial charge in [-0.1, -0.05) is 57.0 Å². The third-order valence-corrected chi connectivity index (χ3v) is 7.15. The summed E-state index contributed by atoms with van der Waals surface area (Å²) in [5, 5.41) is 13.3. The van der Waals surface area contributed by atoms with E-state index in [0.717, 1.165) is 53.2 Å². The Morgan fingerprint density at radius 1 is 1.11 bits per heavy atom. The molecule has 0 saturated heterocycles. The van der Waals surface area contributed by atoms with Crippen LogP contribution in [0.2, 0.25) is 0 Å². The number of hydrogen-bond acceptors (Lipinski definition) is 5.